The van der Waals surface area contributed by atoms with Crippen molar-refractivity contribution in [1.82, 2.24) is 4.98 Å². The van der Waals surface area contributed by atoms with Gasteiger partial charge in [0.2, 0.25) is 11.5 Å². The number of rotatable bonds is 5. The smallest absolute Gasteiger partial charge is 0.374 e. The third kappa shape index (κ3) is 3.44. The van der Waals surface area contributed by atoms with Crippen LogP contribution in [0, 0.1) is 13.8 Å². The van der Waals surface area contributed by atoms with Crippen LogP contribution in [0.5, 0.6) is 0 Å². The van der Waals surface area contributed by atoms with E-state index >= 15 is 0 Å². The zero-order valence-electron chi connectivity index (χ0n) is 15.0. The van der Waals surface area contributed by atoms with Crippen molar-refractivity contribution in [2.75, 3.05) is 6.61 Å². The molecule has 0 unspecified atom stereocenters. The Kier molecular flexibility index (Phi) is 4.77. The fourth-order valence-electron chi connectivity index (χ4n) is 3.04. The monoisotopic (exact) mass is 367 g/mol. The molecule has 3 rings (SSSR count). The summed E-state index contributed by atoms with van der Waals surface area (Å²) in [7, 11) is 0. The Morgan fingerprint density at radius 1 is 1.15 bits per heavy atom. The quantitative estimate of drug-likeness (QED) is 0.549. The number of aromatic amines is 1. The number of hydrogen-bond acceptors (Lipinski definition) is 6. The third-order valence-electron chi connectivity index (χ3n) is 4.24. The SMILES string of the molecule is CC(=O)c1c(C)[nH]c(C(=O)COC(=O)c2cc(=O)c3ccccc3o2)c1C. The Bertz CT molecular complexity index is 1140. The molecule has 27 heavy (non-hydrogen) atoms. The van der Waals surface area contributed by atoms with Crippen LogP contribution in [0.1, 0.15) is 49.6 Å². The molecule has 3 aromatic rings. The van der Waals surface area contributed by atoms with Crippen molar-refractivity contribution >= 4 is 28.5 Å². The maximum absolute atomic E-state index is 12.4. The van der Waals surface area contributed by atoms with Gasteiger partial charge in [-0.2, -0.15) is 0 Å². The number of ketones is 2. The largest absolute Gasteiger partial charge is 0.451 e. The molecule has 0 saturated carbocycles. The lowest BCUT2D eigenvalue weighted by molar-refractivity contribution is 0.0443. The van der Waals surface area contributed by atoms with Crippen LogP contribution in [0.25, 0.3) is 11.0 Å². The third-order valence-corrected chi connectivity index (χ3v) is 4.24. The second kappa shape index (κ2) is 7.03. The highest BCUT2D eigenvalue weighted by Crippen LogP contribution is 2.19. The van der Waals surface area contributed by atoms with Gasteiger partial charge in [-0.25, -0.2) is 4.79 Å². The van der Waals surface area contributed by atoms with Gasteiger partial charge in [0.05, 0.1) is 11.1 Å². The minimum absolute atomic E-state index is 0.157. The summed E-state index contributed by atoms with van der Waals surface area (Å²) in [5, 5.41) is 0.347. The summed E-state index contributed by atoms with van der Waals surface area (Å²) in [6.45, 7) is 4.21. The van der Waals surface area contributed by atoms with Crippen molar-refractivity contribution in [3.8, 4) is 0 Å². The lowest BCUT2D eigenvalue weighted by Crippen LogP contribution is -2.17. The second-order valence-electron chi connectivity index (χ2n) is 6.15. The van der Waals surface area contributed by atoms with E-state index in [4.69, 9.17) is 9.15 Å². The van der Waals surface area contributed by atoms with E-state index in [1.165, 1.54) is 6.92 Å². The van der Waals surface area contributed by atoms with Crippen molar-refractivity contribution < 1.29 is 23.5 Å². The number of aryl methyl sites for hydroxylation is 1. The Balaban J connectivity index is 1.78. The van der Waals surface area contributed by atoms with Gasteiger partial charge in [0, 0.05) is 17.3 Å². The summed E-state index contributed by atoms with van der Waals surface area (Å²) in [5.74, 6) is -1.84. The van der Waals surface area contributed by atoms with Crippen molar-refractivity contribution in [1.29, 1.82) is 0 Å². The van der Waals surface area contributed by atoms with Crippen LogP contribution >= 0.6 is 0 Å². The first-order chi connectivity index (χ1) is 12.8. The summed E-state index contributed by atoms with van der Waals surface area (Å²) >= 11 is 0. The van der Waals surface area contributed by atoms with E-state index in [9.17, 15) is 19.2 Å². The van der Waals surface area contributed by atoms with E-state index in [0.717, 1.165) is 6.07 Å². The van der Waals surface area contributed by atoms with Crippen molar-refractivity contribution in [3.05, 3.63) is 68.8 Å². The van der Waals surface area contributed by atoms with Crippen LogP contribution in [0.3, 0.4) is 0 Å². The predicted molar refractivity (Wildman–Crippen MR) is 97.4 cm³/mol. The highest BCUT2D eigenvalue weighted by Gasteiger charge is 2.22. The molecule has 0 bridgehead atoms. The molecule has 0 radical (unpaired) electrons. The van der Waals surface area contributed by atoms with E-state index in [1.54, 1.807) is 38.1 Å². The Labute approximate surface area is 153 Å². The van der Waals surface area contributed by atoms with Gasteiger partial charge in [0.25, 0.3) is 0 Å². The number of Topliss-reactive ketones (excluding diaryl/α,β-unsaturated/α-hetero) is 2. The number of ether oxygens (including phenoxy) is 1. The number of fused-ring (bicyclic) bond motifs is 1. The number of carbonyl (C=O) groups excluding carboxylic acids is 3. The van der Waals surface area contributed by atoms with E-state index in [1.807, 2.05) is 0 Å². The van der Waals surface area contributed by atoms with Crippen LogP contribution < -0.4 is 5.43 Å². The molecule has 0 saturated heterocycles. The molecule has 2 heterocycles. The molecular weight excluding hydrogens is 350 g/mol. The summed E-state index contributed by atoms with van der Waals surface area (Å²) in [6, 6.07) is 7.54. The first-order valence-electron chi connectivity index (χ1n) is 8.23. The van der Waals surface area contributed by atoms with Gasteiger partial charge in [-0.15, -0.1) is 0 Å². The van der Waals surface area contributed by atoms with Gasteiger partial charge in [-0.3, -0.25) is 14.4 Å². The molecule has 0 aliphatic carbocycles. The lowest BCUT2D eigenvalue weighted by atomic mass is 10.1. The number of carbonyl (C=O) groups is 3. The fraction of sp³-hybridized carbons (Fsp3) is 0.200. The number of para-hydroxylation sites is 1. The Hall–Kier alpha value is -3.48. The molecule has 7 nitrogen and oxygen atoms in total. The van der Waals surface area contributed by atoms with Crippen LogP contribution in [-0.2, 0) is 4.74 Å². The lowest BCUT2D eigenvalue weighted by Gasteiger charge is -2.05. The van der Waals surface area contributed by atoms with Gasteiger partial charge >= 0.3 is 5.97 Å². The van der Waals surface area contributed by atoms with E-state index in [0.29, 0.717) is 22.2 Å². The van der Waals surface area contributed by atoms with Gasteiger partial charge in [0.15, 0.2) is 17.8 Å². The second-order valence-corrected chi connectivity index (χ2v) is 6.15. The molecule has 7 heteroatoms. The average Bonchev–Trinajstić information content (AvgIpc) is 2.93. The zero-order valence-corrected chi connectivity index (χ0v) is 15.0. The number of benzene rings is 1. The van der Waals surface area contributed by atoms with Crippen LogP contribution in [-0.4, -0.2) is 29.1 Å². The summed E-state index contributed by atoms with van der Waals surface area (Å²) < 4.78 is 10.4. The van der Waals surface area contributed by atoms with Gasteiger partial charge in [0.1, 0.15) is 5.58 Å². The van der Waals surface area contributed by atoms with E-state index < -0.39 is 18.4 Å². The zero-order chi connectivity index (χ0) is 19.7. The molecule has 0 spiro atoms. The van der Waals surface area contributed by atoms with E-state index in [-0.39, 0.29) is 28.2 Å². The van der Waals surface area contributed by atoms with Crippen LogP contribution in [0.15, 0.2) is 39.5 Å². The molecule has 1 N–H and O–H groups in total. The predicted octanol–water partition coefficient (Wildman–Crippen LogP) is 2.98. The molecule has 0 fully saturated rings. The Morgan fingerprint density at radius 3 is 2.52 bits per heavy atom. The molecule has 0 aliphatic heterocycles. The highest BCUT2D eigenvalue weighted by atomic mass is 16.5. The number of hydrogen-bond donors (Lipinski definition) is 1. The van der Waals surface area contributed by atoms with Gasteiger partial charge in [-0.05, 0) is 38.5 Å². The molecule has 138 valence electrons. The molecule has 1 aromatic carbocycles. The highest BCUT2D eigenvalue weighted by molar-refractivity contribution is 6.04. The summed E-state index contributed by atoms with van der Waals surface area (Å²) in [5.41, 5.74) is 1.63. The molecule has 0 aliphatic rings. The number of nitrogens with one attached hydrogen (secondary N) is 1. The van der Waals surface area contributed by atoms with Gasteiger partial charge in [-0.1, -0.05) is 12.1 Å². The van der Waals surface area contributed by atoms with Crippen LogP contribution in [0.2, 0.25) is 0 Å². The first-order valence-corrected chi connectivity index (χ1v) is 8.23. The minimum atomic E-state index is -0.918. The number of H-pyrrole nitrogens is 1. The minimum Gasteiger partial charge on any atom is -0.451 e. The molecule has 0 amide bonds. The molecular formula is C20H17NO6. The summed E-state index contributed by atoms with van der Waals surface area (Å²) in [4.78, 5) is 51.1. The fourth-order valence-corrected chi connectivity index (χ4v) is 3.04. The summed E-state index contributed by atoms with van der Waals surface area (Å²) in [6.07, 6.45) is 0. The first kappa shape index (κ1) is 18.3. The van der Waals surface area contributed by atoms with Crippen molar-refractivity contribution in [2.45, 2.75) is 20.8 Å². The van der Waals surface area contributed by atoms with Gasteiger partial charge < -0.3 is 14.1 Å². The molecule has 0 atom stereocenters. The number of aromatic nitrogens is 1. The van der Waals surface area contributed by atoms with Crippen molar-refractivity contribution in [3.63, 3.8) is 0 Å². The number of esters is 1. The van der Waals surface area contributed by atoms with Crippen molar-refractivity contribution in [2.24, 2.45) is 0 Å². The average molecular weight is 367 g/mol. The maximum Gasteiger partial charge on any atom is 0.374 e. The van der Waals surface area contributed by atoms with Crippen LogP contribution in [0.4, 0.5) is 0 Å². The standard InChI is InChI=1S/C20H17NO6/c1-10-18(12(3)22)11(2)21-19(10)15(24)9-26-20(25)17-8-14(23)13-6-4-5-7-16(13)27-17/h4-8,21H,9H2,1-3H3. The molecule has 2 aromatic heterocycles. The topological polar surface area (TPSA) is 106 Å². The maximum atomic E-state index is 12.4. The van der Waals surface area contributed by atoms with E-state index in [2.05, 4.69) is 4.98 Å². The Morgan fingerprint density at radius 2 is 1.85 bits per heavy atom. The normalized spacial score (nSPS) is 10.8.